The van der Waals surface area contributed by atoms with Gasteiger partial charge in [-0.3, -0.25) is 9.59 Å². The number of rotatable bonds is 12. The van der Waals surface area contributed by atoms with Gasteiger partial charge in [-0.25, -0.2) is 9.97 Å². The Hall–Kier alpha value is -3.76. The standard InChI is InChI=1S/C33H46N6O4/c1-8-39(27-11-9-26(10-12-27)38(5)13-14-42-6)30-17-24(25-18-35-33(43-7)36-19-25)16-28(23(30)4)31(40)34-20-29-21(2)15-22(3)37-32(29)41/h15-19,26-27H,8-14,20H2,1-7H3,(H,34,40)(H,37,41)/t26-,27-. The van der Waals surface area contributed by atoms with Crippen molar-refractivity contribution in [1.82, 2.24) is 25.2 Å². The first-order valence-corrected chi connectivity index (χ1v) is 15.1. The zero-order valence-corrected chi connectivity index (χ0v) is 26.6. The van der Waals surface area contributed by atoms with E-state index in [2.05, 4.69) is 50.1 Å². The number of H-pyrrole nitrogens is 1. The third-order valence-corrected chi connectivity index (χ3v) is 8.72. The van der Waals surface area contributed by atoms with Crippen molar-refractivity contribution < 1.29 is 14.3 Å². The molecule has 0 bridgehead atoms. The number of likely N-dealkylation sites (N-methyl/N-ethyl adjacent to an activating group) is 1. The Balaban J connectivity index is 1.65. The van der Waals surface area contributed by atoms with Crippen molar-refractivity contribution in [3.05, 3.63) is 68.9 Å². The molecule has 1 amide bonds. The van der Waals surface area contributed by atoms with Crippen LogP contribution in [0.25, 0.3) is 11.1 Å². The van der Waals surface area contributed by atoms with E-state index in [0.29, 0.717) is 23.2 Å². The molecule has 43 heavy (non-hydrogen) atoms. The van der Waals surface area contributed by atoms with E-state index in [1.807, 2.05) is 32.9 Å². The van der Waals surface area contributed by atoms with Gasteiger partial charge in [0.05, 0.1) is 13.7 Å². The number of carbonyl (C=O) groups is 1. The van der Waals surface area contributed by atoms with Gasteiger partial charge < -0.3 is 29.6 Å². The van der Waals surface area contributed by atoms with Crippen LogP contribution in [0.1, 0.15) is 65.3 Å². The lowest BCUT2D eigenvalue weighted by atomic mass is 9.88. The zero-order valence-electron chi connectivity index (χ0n) is 26.6. The molecule has 1 aliphatic rings. The van der Waals surface area contributed by atoms with E-state index in [1.165, 1.54) is 7.11 Å². The molecule has 1 saturated carbocycles. The highest BCUT2D eigenvalue weighted by molar-refractivity contribution is 5.98. The molecule has 0 unspecified atom stereocenters. The first kappa shape index (κ1) is 32.2. The molecule has 3 aromatic rings. The molecule has 2 N–H and O–H groups in total. The summed E-state index contributed by atoms with van der Waals surface area (Å²) in [5, 5.41) is 3.01. The summed E-state index contributed by atoms with van der Waals surface area (Å²) in [4.78, 5) is 42.6. The van der Waals surface area contributed by atoms with Crippen molar-refractivity contribution in [3.8, 4) is 17.1 Å². The molecule has 0 spiro atoms. The van der Waals surface area contributed by atoms with Gasteiger partial charge in [0.25, 0.3) is 11.5 Å². The van der Waals surface area contributed by atoms with Gasteiger partial charge in [0.2, 0.25) is 0 Å². The molecule has 4 rings (SSSR count). The number of amides is 1. The third kappa shape index (κ3) is 7.61. The lowest BCUT2D eigenvalue weighted by Crippen LogP contribution is -2.44. The Bertz CT molecular complexity index is 1450. The molecule has 0 atom stereocenters. The van der Waals surface area contributed by atoms with Gasteiger partial charge in [-0.2, -0.15) is 0 Å². The number of anilines is 1. The minimum absolute atomic E-state index is 0.142. The fourth-order valence-electron chi connectivity index (χ4n) is 6.19. The molecular formula is C33H46N6O4. The third-order valence-electron chi connectivity index (χ3n) is 8.72. The normalized spacial score (nSPS) is 16.7. The summed E-state index contributed by atoms with van der Waals surface area (Å²) < 4.78 is 10.4. The van der Waals surface area contributed by atoms with Crippen LogP contribution in [0.2, 0.25) is 0 Å². The molecule has 1 aromatic carbocycles. The molecular weight excluding hydrogens is 544 g/mol. The minimum atomic E-state index is -0.228. The Labute approximate surface area is 254 Å². The van der Waals surface area contributed by atoms with Gasteiger partial charge in [0, 0.05) is 79.3 Å². The molecule has 0 radical (unpaired) electrons. The SMILES string of the molecule is CCN(c1cc(-c2cnc(OC)nc2)cc(C(=O)NCc2c(C)cc(C)[nH]c2=O)c1C)[C@H]1CC[C@H](N(C)CCOC)CC1. The van der Waals surface area contributed by atoms with Crippen LogP contribution in [0.5, 0.6) is 6.01 Å². The average molecular weight is 591 g/mol. The number of nitrogens with zero attached hydrogens (tertiary/aromatic N) is 4. The zero-order chi connectivity index (χ0) is 31.1. The van der Waals surface area contributed by atoms with E-state index >= 15 is 0 Å². The van der Waals surface area contributed by atoms with E-state index < -0.39 is 0 Å². The number of hydrogen-bond acceptors (Lipinski definition) is 8. The Kier molecular flexibility index (Phi) is 10.9. The number of methoxy groups -OCH3 is 2. The highest BCUT2D eigenvalue weighted by atomic mass is 16.5. The largest absolute Gasteiger partial charge is 0.467 e. The van der Waals surface area contributed by atoms with Crippen LogP contribution in [-0.2, 0) is 11.3 Å². The quantitative estimate of drug-likeness (QED) is 0.319. The van der Waals surface area contributed by atoms with Gasteiger partial charge in [-0.05, 0) is 95.3 Å². The van der Waals surface area contributed by atoms with Crippen molar-refractivity contribution in [1.29, 1.82) is 0 Å². The molecule has 10 nitrogen and oxygen atoms in total. The number of aryl methyl sites for hydroxylation is 2. The van der Waals surface area contributed by atoms with Gasteiger partial charge in [0.15, 0.2) is 0 Å². The molecule has 1 aliphatic carbocycles. The first-order chi connectivity index (χ1) is 20.7. The summed E-state index contributed by atoms with van der Waals surface area (Å²) in [6.07, 6.45) is 7.81. The van der Waals surface area contributed by atoms with E-state index in [-0.39, 0.29) is 24.0 Å². The van der Waals surface area contributed by atoms with Gasteiger partial charge in [-0.15, -0.1) is 0 Å². The van der Waals surface area contributed by atoms with Crippen molar-refractivity contribution in [2.24, 2.45) is 0 Å². The number of carbonyl (C=O) groups excluding carboxylic acids is 1. The number of aromatic nitrogens is 3. The van der Waals surface area contributed by atoms with Crippen LogP contribution in [0, 0.1) is 20.8 Å². The van der Waals surface area contributed by atoms with Crippen LogP contribution in [0.3, 0.4) is 0 Å². The van der Waals surface area contributed by atoms with E-state index in [0.717, 1.165) is 79.0 Å². The van der Waals surface area contributed by atoms with Gasteiger partial charge in [-0.1, -0.05) is 0 Å². The maximum Gasteiger partial charge on any atom is 0.316 e. The Morgan fingerprint density at radius 3 is 2.30 bits per heavy atom. The molecule has 0 saturated heterocycles. The maximum atomic E-state index is 13.7. The molecule has 1 fully saturated rings. The maximum absolute atomic E-state index is 13.7. The summed E-state index contributed by atoms with van der Waals surface area (Å²) in [6, 6.07) is 7.15. The van der Waals surface area contributed by atoms with E-state index in [1.54, 1.807) is 19.5 Å². The fourth-order valence-corrected chi connectivity index (χ4v) is 6.19. The summed E-state index contributed by atoms with van der Waals surface area (Å²) in [6.45, 7) is 10.5. The Morgan fingerprint density at radius 2 is 1.70 bits per heavy atom. The summed E-state index contributed by atoms with van der Waals surface area (Å²) in [7, 11) is 5.46. The summed E-state index contributed by atoms with van der Waals surface area (Å²) >= 11 is 0. The monoisotopic (exact) mass is 590 g/mol. The highest BCUT2D eigenvalue weighted by Crippen LogP contribution is 2.35. The second kappa shape index (κ2) is 14.6. The van der Waals surface area contributed by atoms with E-state index in [9.17, 15) is 9.59 Å². The average Bonchev–Trinajstić information content (AvgIpc) is 3.00. The summed E-state index contributed by atoms with van der Waals surface area (Å²) in [5.74, 6) is -0.228. The van der Waals surface area contributed by atoms with Crippen LogP contribution < -0.4 is 20.5 Å². The second-order valence-electron chi connectivity index (χ2n) is 11.5. The molecule has 10 heteroatoms. The minimum Gasteiger partial charge on any atom is -0.467 e. The van der Waals surface area contributed by atoms with Crippen LogP contribution in [0.4, 0.5) is 5.69 Å². The molecule has 2 heterocycles. The van der Waals surface area contributed by atoms with Crippen molar-refractivity contribution in [2.75, 3.05) is 45.9 Å². The van der Waals surface area contributed by atoms with Gasteiger partial charge in [0.1, 0.15) is 0 Å². The number of hydrogen-bond donors (Lipinski definition) is 2. The smallest absolute Gasteiger partial charge is 0.316 e. The Morgan fingerprint density at radius 1 is 1.02 bits per heavy atom. The van der Waals surface area contributed by atoms with Crippen molar-refractivity contribution in [3.63, 3.8) is 0 Å². The van der Waals surface area contributed by atoms with Crippen LogP contribution >= 0.6 is 0 Å². The van der Waals surface area contributed by atoms with E-state index in [4.69, 9.17) is 9.47 Å². The van der Waals surface area contributed by atoms with Crippen molar-refractivity contribution >= 4 is 11.6 Å². The molecule has 0 aliphatic heterocycles. The second-order valence-corrected chi connectivity index (χ2v) is 11.5. The number of ether oxygens (including phenoxy) is 2. The molecule has 232 valence electrons. The summed E-state index contributed by atoms with van der Waals surface area (Å²) in [5.41, 5.74) is 6.17. The lowest BCUT2D eigenvalue weighted by Gasteiger charge is -2.41. The van der Waals surface area contributed by atoms with Gasteiger partial charge >= 0.3 is 6.01 Å². The lowest BCUT2D eigenvalue weighted by molar-refractivity contribution is 0.0950. The van der Waals surface area contributed by atoms with Crippen LogP contribution in [0.15, 0.2) is 35.4 Å². The molecule has 2 aromatic heterocycles. The fraction of sp³-hybridized carbons (Fsp3) is 0.515. The topological polar surface area (TPSA) is 113 Å². The predicted molar refractivity (Wildman–Crippen MR) is 170 cm³/mol. The number of aromatic amines is 1. The number of nitrogens with one attached hydrogen (secondary N) is 2. The predicted octanol–water partition coefficient (Wildman–Crippen LogP) is 4.41. The highest BCUT2D eigenvalue weighted by Gasteiger charge is 2.29. The first-order valence-electron chi connectivity index (χ1n) is 15.1. The van der Waals surface area contributed by atoms with Crippen LogP contribution in [-0.4, -0.2) is 78.8 Å². The number of benzene rings is 1. The van der Waals surface area contributed by atoms with Crippen molar-refractivity contribution in [2.45, 2.75) is 72.0 Å². The number of pyridine rings is 1.